The van der Waals surface area contributed by atoms with E-state index in [4.69, 9.17) is 0 Å². The monoisotopic (exact) mass is 241 g/mol. The standard InChI is InChI=1S/C15H19N3/c1-2-12-11-16-9-10-18(12)15-7-3-6-14-13(15)5-4-8-17-14/h3-8,12,16H,2,9-11H2,1H3. The molecule has 0 radical (unpaired) electrons. The zero-order chi connectivity index (χ0) is 12.4. The van der Waals surface area contributed by atoms with E-state index in [9.17, 15) is 0 Å². The van der Waals surface area contributed by atoms with Crippen molar-refractivity contribution in [2.45, 2.75) is 19.4 Å². The number of anilines is 1. The van der Waals surface area contributed by atoms with Crippen LogP contribution in [0.25, 0.3) is 10.9 Å². The van der Waals surface area contributed by atoms with E-state index in [0.29, 0.717) is 6.04 Å². The van der Waals surface area contributed by atoms with Crippen LogP contribution in [0.5, 0.6) is 0 Å². The fraction of sp³-hybridized carbons (Fsp3) is 0.400. The van der Waals surface area contributed by atoms with Gasteiger partial charge in [-0.1, -0.05) is 13.0 Å². The molecule has 0 amide bonds. The number of fused-ring (bicyclic) bond motifs is 1. The van der Waals surface area contributed by atoms with Gasteiger partial charge in [0.2, 0.25) is 0 Å². The van der Waals surface area contributed by atoms with E-state index in [-0.39, 0.29) is 0 Å². The molecule has 3 heteroatoms. The molecule has 0 bridgehead atoms. The van der Waals surface area contributed by atoms with Gasteiger partial charge in [-0.15, -0.1) is 0 Å². The summed E-state index contributed by atoms with van der Waals surface area (Å²) in [6.07, 6.45) is 3.03. The Bertz CT molecular complexity index is 533. The average Bonchev–Trinajstić information content (AvgIpc) is 2.46. The molecule has 1 aromatic carbocycles. The third-order valence-corrected chi connectivity index (χ3v) is 3.75. The highest BCUT2D eigenvalue weighted by Gasteiger charge is 2.21. The topological polar surface area (TPSA) is 28.2 Å². The molecule has 3 nitrogen and oxygen atoms in total. The summed E-state index contributed by atoms with van der Waals surface area (Å²) in [5.41, 5.74) is 2.41. The third-order valence-electron chi connectivity index (χ3n) is 3.75. The number of hydrogen-bond donors (Lipinski definition) is 1. The summed E-state index contributed by atoms with van der Waals surface area (Å²) >= 11 is 0. The average molecular weight is 241 g/mol. The van der Waals surface area contributed by atoms with Crippen molar-refractivity contribution in [2.75, 3.05) is 24.5 Å². The van der Waals surface area contributed by atoms with Crippen LogP contribution < -0.4 is 10.2 Å². The molecular weight excluding hydrogens is 222 g/mol. The molecule has 1 aromatic heterocycles. The fourth-order valence-electron chi connectivity index (χ4n) is 2.78. The Morgan fingerprint density at radius 2 is 2.28 bits per heavy atom. The van der Waals surface area contributed by atoms with Crippen molar-refractivity contribution in [3.63, 3.8) is 0 Å². The van der Waals surface area contributed by atoms with Crippen molar-refractivity contribution in [1.82, 2.24) is 10.3 Å². The molecule has 0 spiro atoms. The Morgan fingerprint density at radius 3 is 3.17 bits per heavy atom. The summed E-state index contributed by atoms with van der Waals surface area (Å²) in [7, 11) is 0. The smallest absolute Gasteiger partial charge is 0.0722 e. The Hall–Kier alpha value is -1.61. The zero-order valence-electron chi connectivity index (χ0n) is 10.8. The van der Waals surface area contributed by atoms with Crippen LogP contribution in [-0.2, 0) is 0 Å². The minimum atomic E-state index is 0.588. The van der Waals surface area contributed by atoms with Gasteiger partial charge in [0.1, 0.15) is 0 Å². The maximum absolute atomic E-state index is 4.45. The highest BCUT2D eigenvalue weighted by molar-refractivity contribution is 5.91. The molecule has 1 aliphatic heterocycles. The van der Waals surface area contributed by atoms with Crippen molar-refractivity contribution in [2.24, 2.45) is 0 Å². The number of hydrogen-bond acceptors (Lipinski definition) is 3. The van der Waals surface area contributed by atoms with E-state index in [2.05, 4.69) is 46.4 Å². The Morgan fingerprint density at radius 1 is 1.33 bits per heavy atom. The van der Waals surface area contributed by atoms with E-state index in [1.54, 1.807) is 0 Å². The van der Waals surface area contributed by atoms with E-state index in [1.165, 1.54) is 17.5 Å². The van der Waals surface area contributed by atoms with Crippen molar-refractivity contribution in [3.05, 3.63) is 36.5 Å². The van der Waals surface area contributed by atoms with Crippen LogP contribution in [0.3, 0.4) is 0 Å². The lowest BCUT2D eigenvalue weighted by atomic mass is 10.1. The number of piperazine rings is 1. The molecule has 1 atom stereocenters. The normalized spacial score (nSPS) is 20.3. The van der Waals surface area contributed by atoms with Crippen LogP contribution in [0.2, 0.25) is 0 Å². The fourth-order valence-corrected chi connectivity index (χ4v) is 2.78. The van der Waals surface area contributed by atoms with Gasteiger partial charge in [0.05, 0.1) is 5.52 Å². The van der Waals surface area contributed by atoms with Gasteiger partial charge in [0.25, 0.3) is 0 Å². The molecule has 2 heterocycles. The van der Waals surface area contributed by atoms with E-state index >= 15 is 0 Å². The highest BCUT2D eigenvalue weighted by atomic mass is 15.2. The van der Waals surface area contributed by atoms with E-state index < -0.39 is 0 Å². The maximum Gasteiger partial charge on any atom is 0.0722 e. The van der Waals surface area contributed by atoms with Gasteiger partial charge >= 0.3 is 0 Å². The van der Waals surface area contributed by atoms with Gasteiger partial charge in [0.15, 0.2) is 0 Å². The maximum atomic E-state index is 4.45. The Labute approximate surface area is 108 Å². The number of nitrogens with one attached hydrogen (secondary N) is 1. The van der Waals surface area contributed by atoms with Crippen LogP contribution in [-0.4, -0.2) is 30.7 Å². The van der Waals surface area contributed by atoms with Gasteiger partial charge in [-0.25, -0.2) is 0 Å². The SMILES string of the molecule is CCC1CNCCN1c1cccc2ncccc12. The molecule has 94 valence electrons. The van der Waals surface area contributed by atoms with Crippen molar-refractivity contribution in [3.8, 4) is 0 Å². The minimum absolute atomic E-state index is 0.588. The first-order valence-corrected chi connectivity index (χ1v) is 6.71. The molecule has 1 N–H and O–H groups in total. The molecule has 1 aliphatic rings. The highest BCUT2D eigenvalue weighted by Crippen LogP contribution is 2.28. The summed E-state index contributed by atoms with van der Waals surface area (Å²) in [6, 6.07) is 11.2. The van der Waals surface area contributed by atoms with Gasteiger partial charge in [-0.05, 0) is 30.7 Å². The first kappa shape index (κ1) is 11.5. The molecule has 2 aromatic rings. The molecule has 1 fully saturated rings. The molecule has 0 aliphatic carbocycles. The largest absolute Gasteiger partial charge is 0.365 e. The van der Waals surface area contributed by atoms with E-state index in [1.807, 2.05) is 12.3 Å². The quantitative estimate of drug-likeness (QED) is 0.875. The number of benzene rings is 1. The van der Waals surface area contributed by atoms with Gasteiger partial charge in [0, 0.05) is 42.9 Å². The molecule has 1 saturated heterocycles. The first-order valence-electron chi connectivity index (χ1n) is 6.71. The van der Waals surface area contributed by atoms with Gasteiger partial charge < -0.3 is 10.2 Å². The van der Waals surface area contributed by atoms with Gasteiger partial charge in [-0.2, -0.15) is 0 Å². The number of nitrogens with zero attached hydrogens (tertiary/aromatic N) is 2. The van der Waals surface area contributed by atoms with Crippen LogP contribution in [0, 0.1) is 0 Å². The van der Waals surface area contributed by atoms with Crippen LogP contribution in [0.15, 0.2) is 36.5 Å². The lowest BCUT2D eigenvalue weighted by molar-refractivity contribution is 0.467. The van der Waals surface area contributed by atoms with Gasteiger partial charge in [-0.3, -0.25) is 4.98 Å². The van der Waals surface area contributed by atoms with Crippen molar-refractivity contribution >= 4 is 16.6 Å². The van der Waals surface area contributed by atoms with Crippen LogP contribution in [0.4, 0.5) is 5.69 Å². The lowest BCUT2D eigenvalue weighted by Gasteiger charge is -2.38. The van der Waals surface area contributed by atoms with Crippen molar-refractivity contribution in [1.29, 1.82) is 0 Å². The third kappa shape index (κ3) is 1.95. The number of rotatable bonds is 2. The Balaban J connectivity index is 2.07. The number of pyridine rings is 1. The molecule has 18 heavy (non-hydrogen) atoms. The lowest BCUT2D eigenvalue weighted by Crippen LogP contribution is -2.51. The molecule has 3 rings (SSSR count). The first-order chi connectivity index (χ1) is 8.90. The zero-order valence-corrected chi connectivity index (χ0v) is 10.8. The second-order valence-corrected chi connectivity index (χ2v) is 4.81. The summed E-state index contributed by atoms with van der Waals surface area (Å²) in [5, 5.41) is 4.74. The predicted molar refractivity (Wildman–Crippen MR) is 76.0 cm³/mol. The summed E-state index contributed by atoms with van der Waals surface area (Å²) in [6.45, 7) is 5.47. The summed E-state index contributed by atoms with van der Waals surface area (Å²) < 4.78 is 0. The second kappa shape index (κ2) is 4.94. The summed E-state index contributed by atoms with van der Waals surface area (Å²) in [4.78, 5) is 6.97. The van der Waals surface area contributed by atoms with Crippen LogP contribution >= 0.6 is 0 Å². The predicted octanol–water partition coefficient (Wildman–Crippen LogP) is 2.42. The molecule has 0 saturated carbocycles. The van der Waals surface area contributed by atoms with Crippen LogP contribution in [0.1, 0.15) is 13.3 Å². The van der Waals surface area contributed by atoms with Crippen molar-refractivity contribution < 1.29 is 0 Å². The molecular formula is C15H19N3. The second-order valence-electron chi connectivity index (χ2n) is 4.81. The summed E-state index contributed by atoms with van der Waals surface area (Å²) in [5.74, 6) is 0. The minimum Gasteiger partial charge on any atom is -0.365 e. The van der Waals surface area contributed by atoms with E-state index in [0.717, 1.165) is 25.2 Å². The number of aromatic nitrogens is 1. The molecule has 1 unspecified atom stereocenters. The Kier molecular flexibility index (Phi) is 3.15.